The van der Waals surface area contributed by atoms with Crippen LogP contribution in [0, 0.1) is 11.3 Å². The summed E-state index contributed by atoms with van der Waals surface area (Å²) in [6.45, 7) is 0.414. The monoisotopic (exact) mass is 550 g/mol. The van der Waals surface area contributed by atoms with Crippen LogP contribution in [0.2, 0.25) is 0 Å². The van der Waals surface area contributed by atoms with Crippen molar-refractivity contribution >= 4 is 11.8 Å². The van der Waals surface area contributed by atoms with Gasteiger partial charge in [-0.1, -0.05) is 12.1 Å². The van der Waals surface area contributed by atoms with E-state index in [9.17, 15) is 28.0 Å². The van der Waals surface area contributed by atoms with Crippen LogP contribution in [0.3, 0.4) is 0 Å². The first-order chi connectivity index (χ1) is 18.6. The van der Waals surface area contributed by atoms with Gasteiger partial charge in [0.2, 0.25) is 5.75 Å². The van der Waals surface area contributed by atoms with Crippen molar-refractivity contribution in [2.75, 3.05) is 34.4 Å². The molecule has 1 aliphatic heterocycles. The summed E-state index contributed by atoms with van der Waals surface area (Å²) in [5.41, 5.74) is 5.94. The topological polar surface area (TPSA) is 146 Å². The Labute approximate surface area is 221 Å². The molecule has 1 atom stereocenters. The first-order valence-electron chi connectivity index (χ1n) is 11.2. The van der Waals surface area contributed by atoms with E-state index < -0.39 is 30.0 Å². The number of nitrogens with zero attached hydrogens (tertiary/aromatic N) is 2. The molecule has 2 amide bonds. The number of nitrogens with one attached hydrogen (secondary N) is 4. The van der Waals surface area contributed by atoms with E-state index in [4.69, 9.17) is 14.2 Å². The summed E-state index contributed by atoms with van der Waals surface area (Å²) in [6.07, 6.45) is -3.42. The van der Waals surface area contributed by atoms with Gasteiger partial charge in [0.05, 0.1) is 39.5 Å². The van der Waals surface area contributed by atoms with Crippen molar-refractivity contribution in [3.05, 3.63) is 59.4 Å². The van der Waals surface area contributed by atoms with Crippen LogP contribution < -0.4 is 40.5 Å². The smallest absolute Gasteiger partial charge is 0.493 e. The van der Waals surface area contributed by atoms with Gasteiger partial charge in [0.1, 0.15) is 17.5 Å². The summed E-state index contributed by atoms with van der Waals surface area (Å²) in [4.78, 5) is 25.3. The molecule has 0 fully saturated rings. The van der Waals surface area contributed by atoms with Crippen LogP contribution >= 0.6 is 0 Å². The minimum absolute atomic E-state index is 0.0696. The number of ether oxygens (including phenoxy) is 4. The molecule has 0 spiro atoms. The van der Waals surface area contributed by atoms with Crippen LogP contribution in [-0.2, 0) is 4.79 Å². The third kappa shape index (κ3) is 7.36. The van der Waals surface area contributed by atoms with Crippen molar-refractivity contribution in [2.24, 2.45) is 0 Å². The van der Waals surface area contributed by atoms with Gasteiger partial charge in [-0.2, -0.15) is 5.26 Å². The first kappa shape index (κ1) is 28.7. The van der Waals surface area contributed by atoms with Gasteiger partial charge < -0.3 is 29.6 Å². The lowest BCUT2D eigenvalue weighted by Gasteiger charge is -2.17. The van der Waals surface area contributed by atoms with Gasteiger partial charge in [0, 0.05) is 12.7 Å². The van der Waals surface area contributed by atoms with E-state index in [1.807, 2.05) is 6.07 Å². The van der Waals surface area contributed by atoms with Crippen LogP contribution in [0.5, 0.6) is 23.0 Å². The SMILES string of the molecule is COc1ccc(C(=O)NCCN2C=C(C(=O)NC(C#N)c3ccc(OC(F)(F)F)cc3)NN2)c(OC)c1OC. The Hall–Kier alpha value is -4.84. The average Bonchev–Trinajstić information content (AvgIpc) is 3.39. The molecule has 0 saturated heterocycles. The maximum absolute atomic E-state index is 12.7. The molecule has 0 saturated carbocycles. The number of hydrogen-bond donors (Lipinski definition) is 4. The lowest BCUT2D eigenvalue weighted by Crippen LogP contribution is -2.42. The molecule has 1 heterocycles. The van der Waals surface area contributed by atoms with Gasteiger partial charge in [-0.15, -0.1) is 18.7 Å². The third-order valence-electron chi connectivity index (χ3n) is 5.30. The highest BCUT2D eigenvalue weighted by atomic mass is 19.4. The lowest BCUT2D eigenvalue weighted by atomic mass is 10.1. The Morgan fingerprint density at radius 2 is 1.72 bits per heavy atom. The number of halogens is 3. The predicted octanol–water partition coefficient (Wildman–Crippen LogP) is 1.89. The molecule has 3 rings (SSSR count). The van der Waals surface area contributed by atoms with Crippen LogP contribution in [0.25, 0.3) is 0 Å². The molecule has 208 valence electrons. The average molecular weight is 550 g/mol. The van der Waals surface area contributed by atoms with E-state index in [-0.39, 0.29) is 41.4 Å². The molecule has 0 aliphatic carbocycles. The zero-order valence-corrected chi connectivity index (χ0v) is 21.0. The summed E-state index contributed by atoms with van der Waals surface area (Å²) in [5, 5.41) is 16.1. The molecule has 2 aromatic carbocycles. The maximum Gasteiger partial charge on any atom is 0.573 e. The highest BCUT2D eigenvalue weighted by Crippen LogP contribution is 2.39. The molecular weight excluding hydrogens is 525 g/mol. The number of rotatable bonds is 11. The van der Waals surface area contributed by atoms with Crippen LogP contribution in [-0.4, -0.2) is 57.6 Å². The Morgan fingerprint density at radius 1 is 1.03 bits per heavy atom. The second-order valence-corrected chi connectivity index (χ2v) is 7.76. The summed E-state index contributed by atoms with van der Waals surface area (Å²) in [6, 6.07) is 8.43. The van der Waals surface area contributed by atoms with Crippen molar-refractivity contribution < 1.29 is 41.7 Å². The van der Waals surface area contributed by atoms with Gasteiger partial charge in [-0.05, 0) is 29.8 Å². The molecule has 0 aromatic heterocycles. The predicted molar refractivity (Wildman–Crippen MR) is 129 cm³/mol. The Morgan fingerprint density at radius 3 is 2.31 bits per heavy atom. The number of carbonyl (C=O) groups excluding carboxylic acids is 2. The second kappa shape index (κ2) is 12.6. The zero-order valence-electron chi connectivity index (χ0n) is 21.0. The lowest BCUT2D eigenvalue weighted by molar-refractivity contribution is -0.274. The second-order valence-electron chi connectivity index (χ2n) is 7.76. The quantitative estimate of drug-likeness (QED) is 0.327. The van der Waals surface area contributed by atoms with Gasteiger partial charge in [0.25, 0.3) is 11.8 Å². The van der Waals surface area contributed by atoms with Crippen LogP contribution in [0.4, 0.5) is 13.2 Å². The molecule has 1 unspecified atom stereocenters. The van der Waals surface area contributed by atoms with E-state index in [0.717, 1.165) is 12.1 Å². The highest BCUT2D eigenvalue weighted by Gasteiger charge is 2.31. The fraction of sp³-hybridized carbons (Fsp3) is 0.292. The van der Waals surface area contributed by atoms with E-state index in [1.54, 1.807) is 6.07 Å². The number of amides is 2. The Kier molecular flexibility index (Phi) is 9.29. The van der Waals surface area contributed by atoms with Crippen LogP contribution in [0.15, 0.2) is 48.3 Å². The number of methoxy groups -OCH3 is 3. The van der Waals surface area contributed by atoms with Crippen molar-refractivity contribution in [3.8, 4) is 29.1 Å². The zero-order chi connectivity index (χ0) is 28.6. The maximum atomic E-state index is 12.7. The van der Waals surface area contributed by atoms with Gasteiger partial charge in [-0.25, -0.2) is 0 Å². The van der Waals surface area contributed by atoms with E-state index in [2.05, 4.69) is 26.3 Å². The molecule has 12 nitrogen and oxygen atoms in total. The Balaban J connectivity index is 1.55. The van der Waals surface area contributed by atoms with Crippen molar-refractivity contribution in [3.63, 3.8) is 0 Å². The number of hydrazine groups is 2. The first-order valence-corrected chi connectivity index (χ1v) is 11.2. The molecule has 39 heavy (non-hydrogen) atoms. The molecular formula is C24H25F3N6O6. The fourth-order valence-corrected chi connectivity index (χ4v) is 3.51. The van der Waals surface area contributed by atoms with E-state index in [0.29, 0.717) is 5.75 Å². The highest BCUT2D eigenvalue weighted by molar-refractivity contribution is 5.98. The number of alkyl halides is 3. The molecule has 1 aliphatic rings. The molecule has 4 N–H and O–H groups in total. The minimum Gasteiger partial charge on any atom is -0.493 e. The van der Waals surface area contributed by atoms with Crippen molar-refractivity contribution in [2.45, 2.75) is 12.4 Å². The molecule has 0 radical (unpaired) electrons. The third-order valence-corrected chi connectivity index (χ3v) is 5.30. The van der Waals surface area contributed by atoms with Gasteiger partial charge in [-0.3, -0.25) is 20.0 Å². The number of nitriles is 1. The summed E-state index contributed by atoms with van der Waals surface area (Å²) < 4.78 is 56.6. The standard InChI is InChI=1S/C24H25F3N6O6/c1-36-19-9-8-16(20(37-2)21(19)38-3)22(34)29-10-11-33-13-18(31-32-33)23(35)30-17(12-28)14-4-6-15(7-5-14)39-24(25,26)27/h4-9,13,17,31-32H,10-11H2,1-3H3,(H,29,34)(H,30,35). The van der Waals surface area contributed by atoms with E-state index in [1.165, 1.54) is 50.7 Å². The molecule has 15 heteroatoms. The number of benzene rings is 2. The Bertz CT molecular complexity index is 1260. The van der Waals surface area contributed by atoms with E-state index >= 15 is 0 Å². The number of hydrogen-bond acceptors (Lipinski definition) is 10. The van der Waals surface area contributed by atoms with Crippen molar-refractivity contribution in [1.29, 1.82) is 5.26 Å². The van der Waals surface area contributed by atoms with Gasteiger partial charge in [0.15, 0.2) is 11.5 Å². The largest absolute Gasteiger partial charge is 0.573 e. The molecule has 0 bridgehead atoms. The summed E-state index contributed by atoms with van der Waals surface area (Å²) in [5.74, 6) is -0.635. The molecule has 2 aromatic rings. The normalized spacial score (nSPS) is 13.4. The summed E-state index contributed by atoms with van der Waals surface area (Å²) >= 11 is 0. The van der Waals surface area contributed by atoms with Gasteiger partial charge >= 0.3 is 6.36 Å². The number of carbonyl (C=O) groups is 2. The summed E-state index contributed by atoms with van der Waals surface area (Å²) in [7, 11) is 4.29. The minimum atomic E-state index is -4.84. The van der Waals surface area contributed by atoms with Crippen LogP contribution in [0.1, 0.15) is 22.0 Å². The van der Waals surface area contributed by atoms with Crippen molar-refractivity contribution in [1.82, 2.24) is 26.6 Å². The fourth-order valence-electron chi connectivity index (χ4n) is 3.51.